The van der Waals surface area contributed by atoms with Crippen molar-refractivity contribution >= 4 is 17.6 Å². The molecule has 1 N–H and O–H groups in total. The summed E-state index contributed by atoms with van der Waals surface area (Å²) >= 11 is 0. The molecule has 0 aliphatic heterocycles. The molecule has 0 aliphatic rings. The second-order valence-electron chi connectivity index (χ2n) is 2.41. The minimum atomic E-state index is -1.16. The zero-order valence-corrected chi connectivity index (χ0v) is 6.80. The van der Waals surface area contributed by atoms with E-state index >= 15 is 0 Å². The first-order valence-electron chi connectivity index (χ1n) is 3.70. The number of amides is 1. The molecule has 1 rings (SSSR count). The Morgan fingerprint density at radius 3 is 2.38 bits per heavy atom. The third-order valence-corrected chi connectivity index (χ3v) is 1.31. The molecular weight excluding hydrogens is 170 g/mol. The lowest BCUT2D eigenvalue weighted by molar-refractivity contribution is -0.140. The van der Waals surface area contributed by atoms with Crippen LogP contribution >= 0.6 is 0 Å². The number of carboxylic acid groups (broad SMARTS) is 1. The lowest BCUT2D eigenvalue weighted by Gasteiger charge is -1.97. The standard InChI is InChI=1S/C9H8NO3/c11-8(6-9(12)13)10-7-4-2-1-3-5-7/h1-5H,6H2,(H,12,13). The minimum absolute atomic E-state index is 0.480. The van der Waals surface area contributed by atoms with Gasteiger partial charge in [0.15, 0.2) is 0 Å². The van der Waals surface area contributed by atoms with Gasteiger partial charge in [0.2, 0.25) is 0 Å². The molecule has 0 atom stereocenters. The van der Waals surface area contributed by atoms with E-state index in [-0.39, 0.29) is 0 Å². The molecule has 0 aliphatic carbocycles. The molecule has 0 unspecified atom stereocenters. The number of para-hydroxylation sites is 1. The molecule has 4 nitrogen and oxygen atoms in total. The van der Waals surface area contributed by atoms with Crippen molar-refractivity contribution in [2.24, 2.45) is 0 Å². The highest BCUT2D eigenvalue weighted by atomic mass is 16.4. The third kappa shape index (κ3) is 3.37. The molecule has 0 spiro atoms. The Morgan fingerprint density at radius 2 is 1.85 bits per heavy atom. The lowest BCUT2D eigenvalue weighted by atomic mass is 10.3. The molecule has 0 bridgehead atoms. The molecule has 1 aromatic rings. The first-order chi connectivity index (χ1) is 6.18. The average Bonchev–Trinajstić information content (AvgIpc) is 2.04. The van der Waals surface area contributed by atoms with Crippen LogP contribution in [0.3, 0.4) is 0 Å². The largest absolute Gasteiger partial charge is 0.481 e. The van der Waals surface area contributed by atoms with E-state index in [2.05, 4.69) is 5.32 Å². The molecule has 0 saturated carbocycles. The number of carbonyl (C=O) groups is 2. The Bertz CT molecular complexity index is 308. The second kappa shape index (κ2) is 4.25. The van der Waals surface area contributed by atoms with Gasteiger partial charge < -0.3 is 5.11 Å². The van der Waals surface area contributed by atoms with Gasteiger partial charge in [-0.3, -0.25) is 9.59 Å². The van der Waals surface area contributed by atoms with Crippen LogP contribution in [-0.4, -0.2) is 17.0 Å². The van der Waals surface area contributed by atoms with Gasteiger partial charge in [0.1, 0.15) is 6.42 Å². The Balaban J connectivity index is 2.50. The number of carbonyl (C=O) groups excluding carboxylic acids is 1. The van der Waals surface area contributed by atoms with Gasteiger partial charge in [0.05, 0.1) is 5.69 Å². The SMILES string of the molecule is O=C(O)CC(=O)[N]c1ccccc1. The van der Waals surface area contributed by atoms with Crippen LogP contribution in [0.5, 0.6) is 0 Å². The van der Waals surface area contributed by atoms with Crippen LogP contribution in [0.15, 0.2) is 30.3 Å². The van der Waals surface area contributed by atoms with E-state index < -0.39 is 18.3 Å². The minimum Gasteiger partial charge on any atom is -0.481 e. The smallest absolute Gasteiger partial charge is 0.312 e. The second-order valence-corrected chi connectivity index (χ2v) is 2.41. The molecule has 0 aromatic heterocycles. The zero-order valence-electron chi connectivity index (χ0n) is 6.80. The number of benzene rings is 1. The quantitative estimate of drug-likeness (QED) is 0.700. The molecule has 67 valence electrons. The van der Waals surface area contributed by atoms with Gasteiger partial charge in [0.25, 0.3) is 5.91 Å². The van der Waals surface area contributed by atoms with Gasteiger partial charge in [-0.1, -0.05) is 18.2 Å². The Hall–Kier alpha value is -1.84. The summed E-state index contributed by atoms with van der Waals surface area (Å²) < 4.78 is 0. The molecule has 4 heteroatoms. The van der Waals surface area contributed by atoms with Crippen LogP contribution < -0.4 is 5.32 Å². The van der Waals surface area contributed by atoms with Crippen molar-refractivity contribution in [3.8, 4) is 0 Å². The molecule has 0 heterocycles. The van der Waals surface area contributed by atoms with Gasteiger partial charge >= 0.3 is 5.97 Å². The molecule has 13 heavy (non-hydrogen) atoms. The Kier molecular flexibility index (Phi) is 3.03. The van der Waals surface area contributed by atoms with E-state index in [1.165, 1.54) is 0 Å². The summed E-state index contributed by atoms with van der Waals surface area (Å²) in [5.41, 5.74) is 0.480. The maximum Gasteiger partial charge on any atom is 0.312 e. The summed E-state index contributed by atoms with van der Waals surface area (Å²) in [5.74, 6) is -1.80. The maximum absolute atomic E-state index is 10.9. The molecule has 1 radical (unpaired) electrons. The highest BCUT2D eigenvalue weighted by Crippen LogP contribution is 2.05. The lowest BCUT2D eigenvalue weighted by Crippen LogP contribution is -2.14. The van der Waals surface area contributed by atoms with Gasteiger partial charge in [-0.2, -0.15) is 0 Å². The van der Waals surface area contributed by atoms with E-state index in [4.69, 9.17) is 5.11 Å². The van der Waals surface area contributed by atoms with Crippen LogP contribution in [-0.2, 0) is 9.59 Å². The number of aliphatic carboxylic acids is 1. The summed E-state index contributed by atoms with van der Waals surface area (Å²) in [5, 5.41) is 11.9. The number of hydrogen-bond donors (Lipinski definition) is 1. The first-order valence-corrected chi connectivity index (χ1v) is 3.70. The molecular formula is C9H8NO3. The summed E-state index contributed by atoms with van der Waals surface area (Å²) in [6, 6.07) is 8.53. The van der Waals surface area contributed by atoms with Gasteiger partial charge in [0, 0.05) is 0 Å². The topological polar surface area (TPSA) is 68.5 Å². The van der Waals surface area contributed by atoms with Gasteiger partial charge in [-0.05, 0) is 12.1 Å². The molecule has 0 fully saturated rings. The van der Waals surface area contributed by atoms with Crippen LogP contribution in [0.4, 0.5) is 5.69 Å². The van der Waals surface area contributed by atoms with Crippen molar-refractivity contribution < 1.29 is 14.7 Å². The van der Waals surface area contributed by atoms with Gasteiger partial charge in [-0.15, -0.1) is 0 Å². The van der Waals surface area contributed by atoms with Crippen LogP contribution in [0.2, 0.25) is 0 Å². The van der Waals surface area contributed by atoms with Crippen molar-refractivity contribution in [3.05, 3.63) is 30.3 Å². The predicted octanol–water partition coefficient (Wildman–Crippen LogP) is 0.924. The highest BCUT2D eigenvalue weighted by Gasteiger charge is 2.08. The maximum atomic E-state index is 10.9. The number of nitrogens with zero attached hydrogens (tertiary/aromatic N) is 1. The summed E-state index contributed by atoms with van der Waals surface area (Å²) in [7, 11) is 0. The third-order valence-electron chi connectivity index (χ3n) is 1.31. The monoisotopic (exact) mass is 178 g/mol. The molecule has 1 aromatic carbocycles. The number of rotatable bonds is 3. The first kappa shape index (κ1) is 9.25. The number of hydrogen-bond acceptors (Lipinski definition) is 2. The summed E-state index contributed by atoms with van der Waals surface area (Å²) in [4.78, 5) is 21.0. The Labute approximate surface area is 75.2 Å². The van der Waals surface area contributed by atoms with E-state index in [0.717, 1.165) is 0 Å². The summed E-state index contributed by atoms with van der Waals surface area (Å²) in [6.07, 6.45) is -0.561. The average molecular weight is 178 g/mol. The van der Waals surface area contributed by atoms with E-state index in [0.29, 0.717) is 5.69 Å². The molecule has 1 amide bonds. The van der Waals surface area contributed by atoms with Crippen molar-refractivity contribution in [1.82, 2.24) is 5.32 Å². The van der Waals surface area contributed by atoms with Gasteiger partial charge in [-0.25, -0.2) is 5.32 Å². The van der Waals surface area contributed by atoms with Crippen molar-refractivity contribution in [2.75, 3.05) is 0 Å². The van der Waals surface area contributed by atoms with E-state index in [1.807, 2.05) is 0 Å². The van der Waals surface area contributed by atoms with E-state index in [1.54, 1.807) is 30.3 Å². The fourth-order valence-electron chi connectivity index (χ4n) is 0.815. The molecule has 0 saturated heterocycles. The van der Waals surface area contributed by atoms with Crippen molar-refractivity contribution in [1.29, 1.82) is 0 Å². The van der Waals surface area contributed by atoms with Crippen molar-refractivity contribution in [2.45, 2.75) is 6.42 Å². The highest BCUT2D eigenvalue weighted by molar-refractivity contribution is 5.95. The Morgan fingerprint density at radius 1 is 1.23 bits per heavy atom. The van der Waals surface area contributed by atoms with E-state index in [9.17, 15) is 9.59 Å². The van der Waals surface area contributed by atoms with Crippen LogP contribution in [0.1, 0.15) is 6.42 Å². The fourth-order valence-corrected chi connectivity index (χ4v) is 0.815. The van der Waals surface area contributed by atoms with Crippen LogP contribution in [0, 0.1) is 0 Å². The predicted molar refractivity (Wildman–Crippen MR) is 45.5 cm³/mol. The summed E-state index contributed by atoms with van der Waals surface area (Å²) in [6.45, 7) is 0. The van der Waals surface area contributed by atoms with Crippen molar-refractivity contribution in [3.63, 3.8) is 0 Å². The number of carboxylic acids is 1. The zero-order chi connectivity index (χ0) is 9.68. The van der Waals surface area contributed by atoms with Crippen LogP contribution in [0.25, 0.3) is 0 Å². The fraction of sp³-hybridized carbons (Fsp3) is 0.111. The normalized spacial score (nSPS) is 9.23.